The fourth-order valence-corrected chi connectivity index (χ4v) is 3.47. The number of amidine groups is 1. The fraction of sp³-hybridized carbons (Fsp3) is 0.333. The molecule has 0 radical (unpaired) electrons. The number of ether oxygens (including phenoxy) is 1. The van der Waals surface area contributed by atoms with Gasteiger partial charge in [-0.05, 0) is 56.2 Å². The maximum atomic E-state index is 13.1. The highest BCUT2D eigenvalue weighted by atomic mass is 19.1. The number of rotatable bonds is 3. The Balaban J connectivity index is 1.33. The van der Waals surface area contributed by atoms with Crippen molar-refractivity contribution in [2.24, 2.45) is 15.9 Å². The topological polar surface area (TPSA) is 67.2 Å². The van der Waals surface area contributed by atoms with Crippen LogP contribution in [0.4, 0.5) is 9.18 Å². The van der Waals surface area contributed by atoms with Gasteiger partial charge in [0.1, 0.15) is 5.82 Å². The number of benzene rings is 1. The summed E-state index contributed by atoms with van der Waals surface area (Å²) in [6, 6.07) is 9.71. The van der Waals surface area contributed by atoms with Gasteiger partial charge < -0.3 is 9.64 Å². The Morgan fingerprint density at radius 1 is 1.18 bits per heavy atom. The number of piperidine rings is 1. The van der Waals surface area contributed by atoms with Crippen LogP contribution in [0.5, 0.6) is 5.75 Å². The number of hydrogen-bond acceptors (Lipinski definition) is 5. The molecule has 2 aliphatic rings. The molecule has 4 rings (SSSR count). The van der Waals surface area contributed by atoms with E-state index >= 15 is 0 Å². The van der Waals surface area contributed by atoms with Crippen LogP contribution in [0, 0.1) is 18.7 Å². The standard InChI is InChI=1S/C21H21FN4O2/c1-14-19(3-2-10-23-14)28-21(27)26-11-8-15(9-12-26)18-13-24-20(25-18)16-4-6-17(22)7-5-16/h2-7,10,15H,8-9,11-13H2,1H3. The summed E-state index contributed by atoms with van der Waals surface area (Å²) in [4.78, 5) is 27.4. The van der Waals surface area contributed by atoms with Crippen LogP contribution in [0.15, 0.2) is 52.6 Å². The molecule has 144 valence electrons. The molecule has 1 saturated heterocycles. The van der Waals surface area contributed by atoms with Crippen LogP contribution in [0.1, 0.15) is 24.1 Å². The maximum Gasteiger partial charge on any atom is 0.415 e. The first-order chi connectivity index (χ1) is 13.6. The molecule has 1 fully saturated rings. The van der Waals surface area contributed by atoms with E-state index in [1.54, 1.807) is 35.4 Å². The Hall–Kier alpha value is -3.09. The van der Waals surface area contributed by atoms with Crippen molar-refractivity contribution in [2.75, 3.05) is 19.6 Å². The third kappa shape index (κ3) is 3.93. The summed E-state index contributed by atoms with van der Waals surface area (Å²) in [5.41, 5.74) is 2.55. The fourth-order valence-electron chi connectivity index (χ4n) is 3.47. The molecule has 7 heteroatoms. The minimum atomic E-state index is -0.342. The molecular formula is C21H21FN4O2. The molecule has 1 aromatic heterocycles. The Labute approximate surface area is 162 Å². The SMILES string of the molecule is Cc1ncccc1OC(=O)N1CCC(C2=NC(c3ccc(F)cc3)=NC2)CC1. The van der Waals surface area contributed by atoms with Crippen molar-refractivity contribution >= 4 is 17.6 Å². The molecule has 0 bridgehead atoms. The quantitative estimate of drug-likeness (QED) is 0.816. The van der Waals surface area contributed by atoms with E-state index in [2.05, 4.69) is 15.0 Å². The van der Waals surface area contributed by atoms with E-state index < -0.39 is 0 Å². The average molecular weight is 380 g/mol. The van der Waals surface area contributed by atoms with Crippen molar-refractivity contribution in [3.05, 3.63) is 59.7 Å². The van der Waals surface area contributed by atoms with Crippen LogP contribution in [-0.4, -0.2) is 47.2 Å². The third-order valence-electron chi connectivity index (χ3n) is 5.12. The summed E-state index contributed by atoms with van der Waals surface area (Å²) in [5, 5.41) is 0. The summed E-state index contributed by atoms with van der Waals surface area (Å²) in [7, 11) is 0. The summed E-state index contributed by atoms with van der Waals surface area (Å²) in [5.74, 6) is 1.18. The lowest BCUT2D eigenvalue weighted by Crippen LogP contribution is -2.42. The first kappa shape index (κ1) is 18.3. The van der Waals surface area contributed by atoms with Gasteiger partial charge in [-0.15, -0.1) is 0 Å². The normalized spacial score (nSPS) is 17.3. The number of aryl methyl sites for hydroxylation is 1. The lowest BCUT2D eigenvalue weighted by molar-refractivity contribution is 0.137. The summed E-state index contributed by atoms with van der Waals surface area (Å²) >= 11 is 0. The number of likely N-dealkylation sites (tertiary alicyclic amines) is 1. The molecule has 3 heterocycles. The first-order valence-corrected chi connectivity index (χ1v) is 9.36. The van der Waals surface area contributed by atoms with E-state index in [-0.39, 0.29) is 11.9 Å². The molecule has 0 saturated carbocycles. The van der Waals surface area contributed by atoms with Gasteiger partial charge in [0.25, 0.3) is 0 Å². The van der Waals surface area contributed by atoms with Crippen molar-refractivity contribution in [2.45, 2.75) is 19.8 Å². The van der Waals surface area contributed by atoms with E-state index in [0.717, 1.165) is 24.1 Å². The largest absolute Gasteiger partial charge is 0.415 e. The van der Waals surface area contributed by atoms with Crippen LogP contribution >= 0.6 is 0 Å². The molecule has 2 aliphatic heterocycles. The third-order valence-corrected chi connectivity index (χ3v) is 5.12. The average Bonchev–Trinajstić information content (AvgIpc) is 3.20. The molecule has 0 spiro atoms. The Morgan fingerprint density at radius 2 is 1.93 bits per heavy atom. The van der Waals surface area contributed by atoms with E-state index in [1.165, 1.54) is 12.1 Å². The number of hydrogen-bond donors (Lipinski definition) is 0. The van der Waals surface area contributed by atoms with Gasteiger partial charge in [0.15, 0.2) is 11.6 Å². The number of halogens is 1. The summed E-state index contributed by atoms with van der Waals surface area (Å²) < 4.78 is 18.6. The van der Waals surface area contributed by atoms with E-state index in [0.29, 0.717) is 42.8 Å². The second-order valence-electron chi connectivity index (χ2n) is 6.97. The van der Waals surface area contributed by atoms with Gasteiger partial charge in [-0.1, -0.05) is 0 Å². The number of amides is 1. The number of aliphatic imine (C=N–C) groups is 2. The number of carbonyl (C=O) groups excluding carboxylic acids is 1. The van der Waals surface area contributed by atoms with Crippen molar-refractivity contribution in [3.63, 3.8) is 0 Å². The van der Waals surface area contributed by atoms with E-state index in [4.69, 9.17) is 4.74 Å². The molecule has 6 nitrogen and oxygen atoms in total. The lowest BCUT2D eigenvalue weighted by atomic mass is 9.92. The van der Waals surface area contributed by atoms with Gasteiger partial charge >= 0.3 is 6.09 Å². The molecule has 0 aliphatic carbocycles. The van der Waals surface area contributed by atoms with Crippen LogP contribution in [-0.2, 0) is 0 Å². The van der Waals surface area contributed by atoms with Gasteiger partial charge in [-0.3, -0.25) is 9.98 Å². The molecular weight excluding hydrogens is 359 g/mol. The molecule has 1 aromatic carbocycles. The maximum absolute atomic E-state index is 13.1. The summed E-state index contributed by atoms with van der Waals surface area (Å²) in [6.45, 7) is 3.61. The van der Waals surface area contributed by atoms with Crippen LogP contribution < -0.4 is 4.74 Å². The monoisotopic (exact) mass is 380 g/mol. The van der Waals surface area contributed by atoms with Gasteiger partial charge in [0.05, 0.1) is 12.2 Å². The minimum Gasteiger partial charge on any atom is -0.408 e. The molecule has 2 aromatic rings. The first-order valence-electron chi connectivity index (χ1n) is 9.36. The molecule has 0 unspecified atom stereocenters. The highest BCUT2D eigenvalue weighted by Gasteiger charge is 2.29. The van der Waals surface area contributed by atoms with Gasteiger partial charge in [-0.2, -0.15) is 0 Å². The Kier molecular flexibility index (Phi) is 5.14. The number of nitrogens with zero attached hydrogens (tertiary/aromatic N) is 4. The van der Waals surface area contributed by atoms with Gasteiger partial charge in [0.2, 0.25) is 0 Å². The highest BCUT2D eigenvalue weighted by molar-refractivity contribution is 6.12. The molecule has 0 N–H and O–H groups in total. The predicted octanol–water partition coefficient (Wildman–Crippen LogP) is 3.64. The van der Waals surface area contributed by atoms with Gasteiger partial charge in [-0.25, -0.2) is 14.2 Å². The van der Waals surface area contributed by atoms with Gasteiger partial charge in [0, 0.05) is 36.5 Å². The zero-order valence-electron chi connectivity index (χ0n) is 15.6. The van der Waals surface area contributed by atoms with Crippen molar-refractivity contribution < 1.29 is 13.9 Å². The second kappa shape index (κ2) is 7.88. The van der Waals surface area contributed by atoms with Crippen molar-refractivity contribution in [3.8, 4) is 5.75 Å². The smallest absolute Gasteiger partial charge is 0.408 e. The van der Waals surface area contributed by atoms with Crippen LogP contribution in [0.25, 0.3) is 0 Å². The number of pyridine rings is 1. The zero-order valence-corrected chi connectivity index (χ0v) is 15.6. The van der Waals surface area contributed by atoms with Crippen LogP contribution in [0.2, 0.25) is 0 Å². The number of aromatic nitrogens is 1. The minimum absolute atomic E-state index is 0.271. The molecule has 28 heavy (non-hydrogen) atoms. The number of carbonyl (C=O) groups is 1. The Bertz CT molecular complexity index is 932. The Morgan fingerprint density at radius 3 is 2.64 bits per heavy atom. The predicted molar refractivity (Wildman–Crippen MR) is 105 cm³/mol. The second-order valence-corrected chi connectivity index (χ2v) is 6.97. The molecule has 0 atom stereocenters. The molecule has 1 amide bonds. The lowest BCUT2D eigenvalue weighted by Gasteiger charge is -2.31. The van der Waals surface area contributed by atoms with E-state index in [1.807, 2.05) is 6.92 Å². The van der Waals surface area contributed by atoms with E-state index in [9.17, 15) is 9.18 Å². The van der Waals surface area contributed by atoms with Crippen LogP contribution in [0.3, 0.4) is 0 Å². The van der Waals surface area contributed by atoms with Crippen molar-refractivity contribution in [1.29, 1.82) is 0 Å². The zero-order chi connectivity index (χ0) is 19.5. The summed E-state index contributed by atoms with van der Waals surface area (Å²) in [6.07, 6.45) is 2.98. The van der Waals surface area contributed by atoms with Crippen molar-refractivity contribution in [1.82, 2.24) is 9.88 Å². The highest BCUT2D eigenvalue weighted by Crippen LogP contribution is 2.24.